The predicted molar refractivity (Wildman–Crippen MR) is 106 cm³/mol. The maximum absolute atomic E-state index is 13.0. The van der Waals surface area contributed by atoms with Crippen LogP contribution in [0.2, 0.25) is 0 Å². The first-order valence-corrected chi connectivity index (χ1v) is 10.1. The Bertz CT molecular complexity index is 751. The first-order chi connectivity index (χ1) is 13.0. The van der Waals surface area contributed by atoms with E-state index in [0.717, 1.165) is 36.2 Å². The second-order valence-electron chi connectivity index (χ2n) is 6.96. The van der Waals surface area contributed by atoms with Gasteiger partial charge in [0.2, 0.25) is 5.91 Å². The number of hydrogen-bond donors (Lipinski definition) is 2. The summed E-state index contributed by atoms with van der Waals surface area (Å²) in [5.41, 5.74) is 0.448. The van der Waals surface area contributed by atoms with Gasteiger partial charge < -0.3 is 15.4 Å². The first-order valence-electron chi connectivity index (χ1n) is 9.19. The minimum absolute atomic E-state index is 0.00866. The van der Waals surface area contributed by atoms with Crippen LogP contribution in [0.5, 0.6) is 0 Å². The predicted octanol–water partition coefficient (Wildman–Crippen LogP) is 1.39. The number of ether oxygens (including phenoxy) is 1. The van der Waals surface area contributed by atoms with E-state index in [-0.39, 0.29) is 5.91 Å². The molecule has 2 aromatic rings. The quantitative estimate of drug-likeness (QED) is 0.661. The Hall–Kier alpha value is -1.97. The molecule has 0 atom stereocenters. The van der Waals surface area contributed by atoms with Crippen molar-refractivity contribution in [2.24, 2.45) is 7.05 Å². The van der Waals surface area contributed by atoms with Crippen LogP contribution in [0.15, 0.2) is 17.6 Å². The van der Waals surface area contributed by atoms with Gasteiger partial charge in [0.15, 0.2) is 0 Å². The fraction of sp³-hybridized carbons (Fsp3) is 0.611. The van der Waals surface area contributed by atoms with Crippen molar-refractivity contribution in [3.8, 4) is 0 Å². The summed E-state index contributed by atoms with van der Waals surface area (Å²) >= 11 is 1.68. The molecule has 2 aromatic heterocycles. The van der Waals surface area contributed by atoms with Crippen LogP contribution in [-0.2, 0) is 23.1 Å². The second kappa shape index (κ2) is 8.81. The smallest absolute Gasteiger partial charge is 0.245 e. The largest absolute Gasteiger partial charge is 0.383 e. The fourth-order valence-corrected chi connectivity index (χ4v) is 3.98. The molecule has 148 valence electrons. The van der Waals surface area contributed by atoms with Crippen molar-refractivity contribution >= 4 is 23.1 Å². The van der Waals surface area contributed by atoms with Gasteiger partial charge in [0.1, 0.15) is 11.4 Å². The van der Waals surface area contributed by atoms with Gasteiger partial charge in [0.05, 0.1) is 17.3 Å². The fourth-order valence-electron chi connectivity index (χ4n) is 3.37. The van der Waals surface area contributed by atoms with E-state index >= 15 is 0 Å². The Balaban J connectivity index is 1.66. The summed E-state index contributed by atoms with van der Waals surface area (Å²) < 4.78 is 6.79. The topological polar surface area (TPSA) is 84.3 Å². The summed E-state index contributed by atoms with van der Waals surface area (Å²) in [6, 6.07) is 1.90. The van der Waals surface area contributed by atoms with Crippen LogP contribution in [0.3, 0.4) is 0 Å². The molecule has 2 N–H and O–H groups in total. The summed E-state index contributed by atoms with van der Waals surface area (Å²) in [7, 11) is 3.50. The average molecular weight is 393 g/mol. The normalized spacial score (nSPS) is 17.0. The standard InChI is InChI=1S/C18H28N6O2S/c1-14-20-15(13-27-14)12-24-9-5-18(6-10-24,17(25)19-7-11-26-3)21-16-4-8-23(2)22-16/h4,8,13H,5-7,9-12H2,1-3H3,(H,19,25)(H,21,22). The van der Waals surface area contributed by atoms with Crippen LogP contribution in [0.4, 0.5) is 5.82 Å². The molecule has 0 unspecified atom stereocenters. The molecule has 0 spiro atoms. The Kier molecular flexibility index (Phi) is 6.46. The lowest BCUT2D eigenvalue weighted by Gasteiger charge is -2.41. The van der Waals surface area contributed by atoms with Crippen molar-refractivity contribution in [2.45, 2.75) is 31.8 Å². The van der Waals surface area contributed by atoms with Crippen molar-refractivity contribution in [3.63, 3.8) is 0 Å². The number of aromatic nitrogens is 3. The summed E-state index contributed by atoms with van der Waals surface area (Å²) in [5, 5.41) is 14.0. The molecule has 1 fully saturated rings. The number of amides is 1. The number of nitrogens with one attached hydrogen (secondary N) is 2. The number of anilines is 1. The molecule has 1 amide bonds. The van der Waals surface area contributed by atoms with Gasteiger partial charge in [-0.3, -0.25) is 14.4 Å². The lowest BCUT2D eigenvalue weighted by atomic mass is 9.86. The summed E-state index contributed by atoms with van der Waals surface area (Å²) in [4.78, 5) is 19.9. The van der Waals surface area contributed by atoms with Crippen LogP contribution < -0.4 is 10.6 Å². The van der Waals surface area contributed by atoms with Gasteiger partial charge >= 0.3 is 0 Å². The van der Waals surface area contributed by atoms with Crippen molar-refractivity contribution in [1.82, 2.24) is 25.0 Å². The van der Waals surface area contributed by atoms with Crippen LogP contribution in [0.1, 0.15) is 23.5 Å². The Morgan fingerprint density at radius 3 is 2.78 bits per heavy atom. The van der Waals surface area contributed by atoms with Crippen LogP contribution in [-0.4, -0.2) is 64.5 Å². The van der Waals surface area contributed by atoms with Crippen LogP contribution in [0, 0.1) is 6.92 Å². The number of likely N-dealkylation sites (tertiary alicyclic amines) is 1. The number of carbonyl (C=O) groups excluding carboxylic acids is 1. The van der Waals surface area contributed by atoms with E-state index in [4.69, 9.17) is 4.74 Å². The van der Waals surface area contributed by atoms with E-state index < -0.39 is 5.54 Å². The molecular formula is C18H28N6O2S. The molecular weight excluding hydrogens is 364 g/mol. The van der Waals surface area contributed by atoms with Crippen molar-refractivity contribution in [2.75, 3.05) is 38.7 Å². The number of rotatable bonds is 8. The highest BCUT2D eigenvalue weighted by Gasteiger charge is 2.41. The number of aryl methyl sites for hydroxylation is 2. The minimum Gasteiger partial charge on any atom is -0.383 e. The highest BCUT2D eigenvalue weighted by molar-refractivity contribution is 7.09. The SMILES string of the molecule is COCCNC(=O)C1(Nc2ccn(C)n2)CCN(Cc2csc(C)n2)CC1. The zero-order valence-electron chi connectivity index (χ0n) is 16.2. The molecule has 8 nitrogen and oxygen atoms in total. The number of methoxy groups -OCH3 is 1. The molecule has 0 aliphatic carbocycles. The maximum atomic E-state index is 13.0. The summed E-state index contributed by atoms with van der Waals surface area (Å²) in [6.07, 6.45) is 3.30. The summed E-state index contributed by atoms with van der Waals surface area (Å²) in [6.45, 7) is 5.51. The molecule has 0 bridgehead atoms. The lowest BCUT2D eigenvalue weighted by molar-refractivity contribution is -0.127. The highest BCUT2D eigenvalue weighted by atomic mass is 32.1. The van der Waals surface area contributed by atoms with E-state index in [1.165, 1.54) is 0 Å². The Labute approximate surface area is 163 Å². The lowest BCUT2D eigenvalue weighted by Crippen LogP contribution is -2.58. The van der Waals surface area contributed by atoms with E-state index in [0.29, 0.717) is 26.0 Å². The van der Waals surface area contributed by atoms with Crippen molar-refractivity contribution in [1.29, 1.82) is 0 Å². The maximum Gasteiger partial charge on any atom is 0.245 e. The number of carbonyl (C=O) groups is 1. The molecule has 0 aromatic carbocycles. The van der Waals surface area contributed by atoms with E-state index in [2.05, 4.69) is 31.0 Å². The second-order valence-corrected chi connectivity index (χ2v) is 8.03. The molecule has 27 heavy (non-hydrogen) atoms. The third kappa shape index (κ3) is 5.06. The first kappa shape index (κ1) is 19.8. The van der Waals surface area contributed by atoms with Crippen molar-refractivity contribution < 1.29 is 9.53 Å². The monoisotopic (exact) mass is 392 g/mol. The zero-order valence-corrected chi connectivity index (χ0v) is 17.0. The zero-order chi connectivity index (χ0) is 19.3. The molecule has 1 saturated heterocycles. The summed E-state index contributed by atoms with van der Waals surface area (Å²) in [5.74, 6) is 0.734. The molecule has 1 aliphatic rings. The third-order valence-corrected chi connectivity index (χ3v) is 5.69. The van der Waals surface area contributed by atoms with Crippen molar-refractivity contribution in [3.05, 3.63) is 28.3 Å². The van der Waals surface area contributed by atoms with Crippen LogP contribution >= 0.6 is 11.3 Å². The Morgan fingerprint density at radius 1 is 1.41 bits per heavy atom. The molecule has 1 aliphatic heterocycles. The van der Waals surface area contributed by atoms with Gasteiger partial charge in [0.25, 0.3) is 0 Å². The Morgan fingerprint density at radius 2 is 2.19 bits per heavy atom. The van der Waals surface area contributed by atoms with Gasteiger partial charge in [-0.25, -0.2) is 4.98 Å². The van der Waals surface area contributed by atoms with Crippen LogP contribution in [0.25, 0.3) is 0 Å². The van der Waals surface area contributed by atoms with Gasteiger partial charge in [-0.2, -0.15) is 5.10 Å². The van der Waals surface area contributed by atoms with Gasteiger partial charge in [-0.15, -0.1) is 11.3 Å². The van der Waals surface area contributed by atoms with Gasteiger partial charge in [-0.05, 0) is 19.8 Å². The highest BCUT2D eigenvalue weighted by Crippen LogP contribution is 2.28. The van der Waals surface area contributed by atoms with E-state index in [1.807, 2.05) is 26.2 Å². The van der Waals surface area contributed by atoms with Gasteiger partial charge in [0, 0.05) is 58.0 Å². The number of thiazole rings is 1. The third-order valence-electron chi connectivity index (χ3n) is 4.87. The van der Waals surface area contributed by atoms with E-state index in [9.17, 15) is 4.79 Å². The molecule has 0 saturated carbocycles. The average Bonchev–Trinajstić information content (AvgIpc) is 3.24. The number of nitrogens with zero attached hydrogens (tertiary/aromatic N) is 4. The number of hydrogen-bond acceptors (Lipinski definition) is 7. The van der Waals surface area contributed by atoms with E-state index in [1.54, 1.807) is 23.1 Å². The molecule has 9 heteroatoms. The molecule has 3 heterocycles. The van der Waals surface area contributed by atoms with Gasteiger partial charge in [-0.1, -0.05) is 0 Å². The molecule has 0 radical (unpaired) electrons. The number of piperidine rings is 1. The molecule has 3 rings (SSSR count). The minimum atomic E-state index is -0.656.